The molecule has 2 aromatic carbocycles. The van der Waals surface area contributed by atoms with E-state index in [1.54, 1.807) is 24.3 Å². The zero-order valence-electron chi connectivity index (χ0n) is 13.3. The first-order chi connectivity index (χ1) is 11.4. The molecule has 0 fully saturated rings. The van der Waals surface area contributed by atoms with E-state index in [1.165, 1.54) is 38.5 Å². The first-order valence-electron chi connectivity index (χ1n) is 6.98. The number of nitrogens with two attached hydrogens (primary N) is 1. The van der Waals surface area contributed by atoms with Crippen LogP contribution in [0, 0.1) is 0 Å². The van der Waals surface area contributed by atoms with Crippen LogP contribution < -0.4 is 19.5 Å². The summed E-state index contributed by atoms with van der Waals surface area (Å²) in [6.07, 6.45) is 0. The predicted molar refractivity (Wildman–Crippen MR) is 89.7 cm³/mol. The van der Waals surface area contributed by atoms with Crippen LogP contribution >= 0.6 is 0 Å². The largest absolute Gasteiger partial charge is 0.497 e. The zero-order valence-corrected chi connectivity index (χ0v) is 14.1. The molecule has 8 heteroatoms. The van der Waals surface area contributed by atoms with Gasteiger partial charge < -0.3 is 15.2 Å². The van der Waals surface area contributed by atoms with Crippen molar-refractivity contribution in [3.63, 3.8) is 0 Å². The Morgan fingerprint density at radius 2 is 1.75 bits per heavy atom. The number of nitrogens with zero attached hydrogens (tertiary/aromatic N) is 1. The maximum atomic E-state index is 12.9. The van der Waals surface area contributed by atoms with Gasteiger partial charge in [0.05, 0.1) is 24.8 Å². The van der Waals surface area contributed by atoms with Gasteiger partial charge in [0.1, 0.15) is 18.0 Å². The van der Waals surface area contributed by atoms with Gasteiger partial charge in [-0.1, -0.05) is 18.2 Å². The molecule has 0 spiro atoms. The molecule has 2 rings (SSSR count). The number of amides is 1. The highest BCUT2D eigenvalue weighted by atomic mass is 32.2. The molecule has 0 saturated carbocycles. The van der Waals surface area contributed by atoms with Gasteiger partial charge in [0.25, 0.3) is 10.0 Å². The van der Waals surface area contributed by atoms with Gasteiger partial charge >= 0.3 is 0 Å². The van der Waals surface area contributed by atoms with Crippen LogP contribution in [0.3, 0.4) is 0 Å². The van der Waals surface area contributed by atoms with E-state index in [0.29, 0.717) is 5.75 Å². The molecule has 0 saturated heterocycles. The van der Waals surface area contributed by atoms with Crippen molar-refractivity contribution in [3.8, 4) is 11.5 Å². The van der Waals surface area contributed by atoms with Gasteiger partial charge in [-0.05, 0) is 24.3 Å². The van der Waals surface area contributed by atoms with Gasteiger partial charge in [0.15, 0.2) is 0 Å². The minimum absolute atomic E-state index is 0.0455. The molecule has 2 aromatic rings. The second-order valence-corrected chi connectivity index (χ2v) is 6.69. The molecule has 0 bridgehead atoms. The molecule has 0 atom stereocenters. The molecule has 2 N–H and O–H groups in total. The topological polar surface area (TPSA) is 98.9 Å². The van der Waals surface area contributed by atoms with Crippen molar-refractivity contribution in [3.05, 3.63) is 48.5 Å². The van der Waals surface area contributed by atoms with Crippen LogP contribution in [0.15, 0.2) is 53.4 Å². The van der Waals surface area contributed by atoms with Crippen LogP contribution in [-0.4, -0.2) is 35.1 Å². The number of hydrogen-bond acceptors (Lipinski definition) is 5. The van der Waals surface area contributed by atoms with Gasteiger partial charge in [-0.15, -0.1) is 0 Å². The highest BCUT2D eigenvalue weighted by Crippen LogP contribution is 2.35. The summed E-state index contributed by atoms with van der Waals surface area (Å²) in [7, 11) is -1.11. The zero-order chi connectivity index (χ0) is 17.7. The van der Waals surface area contributed by atoms with Crippen molar-refractivity contribution >= 4 is 21.6 Å². The molecule has 128 valence electrons. The Kier molecular flexibility index (Phi) is 5.30. The molecule has 1 amide bonds. The van der Waals surface area contributed by atoms with E-state index in [2.05, 4.69) is 0 Å². The molecule has 0 unspecified atom stereocenters. The Morgan fingerprint density at radius 1 is 1.08 bits per heavy atom. The molecular weight excluding hydrogens is 332 g/mol. The Labute approximate surface area is 140 Å². The lowest BCUT2D eigenvalue weighted by Gasteiger charge is -2.25. The van der Waals surface area contributed by atoms with E-state index in [1.807, 2.05) is 0 Å². The summed E-state index contributed by atoms with van der Waals surface area (Å²) in [6, 6.07) is 12.4. The average molecular weight is 350 g/mol. The van der Waals surface area contributed by atoms with Crippen LogP contribution in [-0.2, 0) is 14.8 Å². The highest BCUT2D eigenvalue weighted by molar-refractivity contribution is 7.92. The minimum Gasteiger partial charge on any atom is -0.497 e. The van der Waals surface area contributed by atoms with Crippen LogP contribution in [0.25, 0.3) is 0 Å². The van der Waals surface area contributed by atoms with Gasteiger partial charge in [-0.2, -0.15) is 0 Å². The maximum absolute atomic E-state index is 12.9. The first kappa shape index (κ1) is 17.6. The van der Waals surface area contributed by atoms with E-state index in [9.17, 15) is 13.2 Å². The molecule has 7 nitrogen and oxygen atoms in total. The molecule has 0 aliphatic heterocycles. The molecular formula is C16H18N2O5S. The number of carbonyl (C=O) groups excluding carboxylic acids is 1. The van der Waals surface area contributed by atoms with Gasteiger partial charge in [-0.3, -0.25) is 9.10 Å². The van der Waals surface area contributed by atoms with E-state index in [0.717, 1.165) is 4.31 Å². The third-order valence-corrected chi connectivity index (χ3v) is 5.06. The predicted octanol–water partition coefficient (Wildman–Crippen LogP) is 1.38. The number of ether oxygens (including phenoxy) is 2. The van der Waals surface area contributed by atoms with Crippen molar-refractivity contribution in [1.82, 2.24) is 0 Å². The molecule has 0 aromatic heterocycles. The smallest absolute Gasteiger partial charge is 0.264 e. The summed E-state index contributed by atoms with van der Waals surface area (Å²) in [5, 5.41) is 0. The van der Waals surface area contributed by atoms with Crippen molar-refractivity contribution < 1.29 is 22.7 Å². The second-order valence-electron chi connectivity index (χ2n) is 4.83. The summed E-state index contributed by atoms with van der Waals surface area (Å²) in [6.45, 7) is -0.514. The van der Waals surface area contributed by atoms with Gasteiger partial charge in [-0.25, -0.2) is 8.42 Å². The van der Waals surface area contributed by atoms with Crippen molar-refractivity contribution in [2.24, 2.45) is 5.73 Å². The SMILES string of the molecule is COc1ccc(N(CC(N)=O)S(=O)(=O)c2ccccc2)c(OC)c1. The van der Waals surface area contributed by atoms with Crippen molar-refractivity contribution in [1.29, 1.82) is 0 Å². The third-order valence-electron chi connectivity index (χ3n) is 3.29. The minimum atomic E-state index is -3.99. The summed E-state index contributed by atoms with van der Waals surface area (Å²) < 4.78 is 37.1. The number of anilines is 1. The summed E-state index contributed by atoms with van der Waals surface area (Å²) >= 11 is 0. The standard InChI is InChI=1S/C16H18N2O5S/c1-22-12-8-9-14(15(10-12)23-2)18(11-16(17)19)24(20,21)13-6-4-3-5-7-13/h3-10H,11H2,1-2H3,(H2,17,19). The maximum Gasteiger partial charge on any atom is 0.264 e. The van der Waals surface area contributed by atoms with Gasteiger partial charge in [0.2, 0.25) is 5.91 Å². The number of primary amides is 1. The summed E-state index contributed by atoms with van der Waals surface area (Å²) in [4.78, 5) is 11.5. The van der Waals surface area contributed by atoms with Crippen molar-refractivity contribution in [2.45, 2.75) is 4.90 Å². The summed E-state index contributed by atoms with van der Waals surface area (Å²) in [5.74, 6) is -0.0470. The van der Waals surface area contributed by atoms with Crippen molar-refractivity contribution in [2.75, 3.05) is 25.1 Å². The number of carbonyl (C=O) groups is 1. The lowest BCUT2D eigenvalue weighted by Crippen LogP contribution is -2.38. The fourth-order valence-corrected chi connectivity index (χ4v) is 3.61. The second kappa shape index (κ2) is 7.22. The Bertz CT molecular complexity index is 822. The van der Waals surface area contributed by atoms with E-state index >= 15 is 0 Å². The fraction of sp³-hybridized carbons (Fsp3) is 0.188. The lowest BCUT2D eigenvalue weighted by molar-refractivity contribution is -0.116. The average Bonchev–Trinajstić information content (AvgIpc) is 2.59. The van der Waals surface area contributed by atoms with Crippen LogP contribution in [0.4, 0.5) is 5.69 Å². The Balaban J connectivity index is 2.60. The lowest BCUT2D eigenvalue weighted by atomic mass is 10.2. The number of methoxy groups -OCH3 is 2. The van der Waals surface area contributed by atoms with E-state index in [4.69, 9.17) is 15.2 Å². The van der Waals surface area contributed by atoms with Gasteiger partial charge in [0, 0.05) is 6.07 Å². The number of rotatable bonds is 7. The van der Waals surface area contributed by atoms with Crippen LogP contribution in [0.5, 0.6) is 11.5 Å². The summed E-state index contributed by atoms with van der Waals surface area (Å²) in [5.41, 5.74) is 5.44. The third kappa shape index (κ3) is 3.60. The van der Waals surface area contributed by atoms with E-state index < -0.39 is 22.5 Å². The van der Waals surface area contributed by atoms with Crippen LogP contribution in [0.1, 0.15) is 0 Å². The highest BCUT2D eigenvalue weighted by Gasteiger charge is 2.28. The first-order valence-corrected chi connectivity index (χ1v) is 8.42. The number of hydrogen-bond donors (Lipinski definition) is 1. The molecule has 0 heterocycles. The normalized spacial score (nSPS) is 10.9. The number of benzene rings is 2. The monoisotopic (exact) mass is 350 g/mol. The molecule has 0 aliphatic carbocycles. The molecule has 0 aliphatic rings. The van der Waals surface area contributed by atoms with E-state index in [-0.39, 0.29) is 16.3 Å². The van der Waals surface area contributed by atoms with Crippen LogP contribution in [0.2, 0.25) is 0 Å². The Hall–Kier alpha value is -2.74. The quantitative estimate of drug-likeness (QED) is 0.813. The fourth-order valence-electron chi connectivity index (χ4n) is 2.15. The Morgan fingerprint density at radius 3 is 2.29 bits per heavy atom. The number of sulfonamides is 1. The molecule has 0 radical (unpaired) electrons. The molecule has 24 heavy (non-hydrogen) atoms.